The quantitative estimate of drug-likeness (QED) is 0.312. The first-order valence-corrected chi connectivity index (χ1v) is 9.64. The van der Waals surface area contributed by atoms with Gasteiger partial charge in [-0.15, -0.1) is 48.8 Å². The van der Waals surface area contributed by atoms with E-state index in [4.69, 9.17) is 10.2 Å². The van der Waals surface area contributed by atoms with Crippen LogP contribution in [0.2, 0.25) is 0 Å². The van der Waals surface area contributed by atoms with Gasteiger partial charge in [0.15, 0.2) is 0 Å². The van der Waals surface area contributed by atoms with Gasteiger partial charge in [-0.3, -0.25) is 0 Å². The molecule has 2 rings (SSSR count). The highest BCUT2D eigenvalue weighted by atomic mass is 32.2. The molecule has 0 aliphatic rings. The molecular weight excluding hydrogens is 384 g/mol. The summed E-state index contributed by atoms with van der Waals surface area (Å²) in [5, 5.41) is 18.2. The van der Waals surface area contributed by atoms with Crippen LogP contribution in [0.5, 0.6) is 0 Å². The molecule has 0 aliphatic heterocycles. The van der Waals surface area contributed by atoms with Gasteiger partial charge < -0.3 is 10.2 Å². The van der Waals surface area contributed by atoms with Gasteiger partial charge in [0.1, 0.15) is 0 Å². The molecule has 4 nitrogen and oxygen atoms in total. The highest BCUT2D eigenvalue weighted by Gasteiger charge is 2.13. The number of thioether (sulfide) groups is 2. The van der Waals surface area contributed by atoms with E-state index in [1.54, 1.807) is 12.1 Å². The van der Waals surface area contributed by atoms with E-state index in [2.05, 4.69) is 25.3 Å². The Morgan fingerprint density at radius 3 is 1.50 bits per heavy atom. The Morgan fingerprint density at radius 2 is 1.17 bits per heavy atom. The fourth-order valence-electron chi connectivity index (χ4n) is 1.93. The molecule has 2 aromatic rings. The zero-order chi connectivity index (χ0) is 17.7. The summed E-state index contributed by atoms with van der Waals surface area (Å²) in [6, 6.07) is 10.1. The third-order valence-electron chi connectivity index (χ3n) is 3.06. The van der Waals surface area contributed by atoms with E-state index in [0.717, 1.165) is 21.3 Å². The number of carboxylic acid groups (broad SMARTS) is 2. The Balaban J connectivity index is 1.97. The SMILES string of the molecule is O=C(O)c1cccc(SCCSc2cccc(C(=O)O)c2S)c1S. The first-order valence-electron chi connectivity index (χ1n) is 6.78. The van der Waals surface area contributed by atoms with Gasteiger partial charge in [0.2, 0.25) is 0 Å². The Bertz CT molecular complexity index is 711. The summed E-state index contributed by atoms with van der Waals surface area (Å²) < 4.78 is 0. The maximum absolute atomic E-state index is 11.1. The third kappa shape index (κ3) is 4.66. The minimum atomic E-state index is -0.998. The fraction of sp³-hybridized carbons (Fsp3) is 0.125. The van der Waals surface area contributed by atoms with E-state index in [9.17, 15) is 9.59 Å². The predicted molar refractivity (Wildman–Crippen MR) is 103 cm³/mol. The monoisotopic (exact) mass is 398 g/mol. The number of carboxylic acids is 2. The van der Waals surface area contributed by atoms with Crippen molar-refractivity contribution in [2.75, 3.05) is 11.5 Å². The average Bonchev–Trinajstić information content (AvgIpc) is 2.53. The van der Waals surface area contributed by atoms with Crippen LogP contribution in [0.1, 0.15) is 20.7 Å². The van der Waals surface area contributed by atoms with E-state index in [-0.39, 0.29) is 11.1 Å². The van der Waals surface area contributed by atoms with Crippen molar-refractivity contribution in [1.29, 1.82) is 0 Å². The molecule has 2 N–H and O–H groups in total. The smallest absolute Gasteiger partial charge is 0.336 e. The lowest BCUT2D eigenvalue weighted by Gasteiger charge is -2.09. The molecule has 0 saturated carbocycles. The van der Waals surface area contributed by atoms with Crippen LogP contribution < -0.4 is 0 Å². The van der Waals surface area contributed by atoms with Crippen LogP contribution in [-0.4, -0.2) is 33.7 Å². The Kier molecular flexibility index (Phi) is 6.97. The highest BCUT2D eigenvalue weighted by molar-refractivity contribution is 8.03. The van der Waals surface area contributed by atoms with Gasteiger partial charge in [-0.2, -0.15) is 0 Å². The Morgan fingerprint density at radius 1 is 0.792 bits per heavy atom. The van der Waals surface area contributed by atoms with Gasteiger partial charge in [0.05, 0.1) is 11.1 Å². The molecule has 0 aromatic heterocycles. The van der Waals surface area contributed by atoms with Crippen molar-refractivity contribution in [1.82, 2.24) is 0 Å². The van der Waals surface area contributed by atoms with E-state index >= 15 is 0 Å². The second-order valence-electron chi connectivity index (χ2n) is 4.61. The number of aromatic carboxylic acids is 2. The second-order valence-corrected chi connectivity index (χ2v) is 7.78. The number of carbonyl (C=O) groups is 2. The van der Waals surface area contributed by atoms with Crippen LogP contribution in [0.15, 0.2) is 56.0 Å². The van der Waals surface area contributed by atoms with Crippen molar-refractivity contribution >= 4 is 60.7 Å². The van der Waals surface area contributed by atoms with E-state index in [0.29, 0.717) is 9.79 Å². The van der Waals surface area contributed by atoms with Crippen LogP contribution in [0.3, 0.4) is 0 Å². The van der Waals surface area contributed by atoms with Crippen LogP contribution in [0.25, 0.3) is 0 Å². The van der Waals surface area contributed by atoms with Gasteiger partial charge in [0.25, 0.3) is 0 Å². The molecule has 0 saturated heterocycles. The molecule has 24 heavy (non-hydrogen) atoms. The lowest BCUT2D eigenvalue weighted by molar-refractivity contribution is 0.0682. The van der Waals surface area contributed by atoms with Crippen LogP contribution in [0.4, 0.5) is 0 Å². The Labute approximate surface area is 158 Å². The molecule has 0 fully saturated rings. The fourth-order valence-corrected chi connectivity index (χ4v) is 4.75. The average molecular weight is 399 g/mol. The summed E-state index contributed by atoms with van der Waals surface area (Å²) in [5.41, 5.74) is 0.366. The number of hydrogen-bond acceptors (Lipinski definition) is 6. The van der Waals surface area contributed by atoms with Gasteiger partial charge in [0, 0.05) is 31.1 Å². The van der Waals surface area contributed by atoms with Gasteiger partial charge in [-0.05, 0) is 24.3 Å². The van der Waals surface area contributed by atoms with Crippen LogP contribution in [-0.2, 0) is 0 Å². The summed E-state index contributed by atoms with van der Waals surface area (Å²) >= 11 is 11.6. The highest BCUT2D eigenvalue weighted by Crippen LogP contribution is 2.32. The molecule has 0 atom stereocenters. The number of thiol groups is 2. The van der Waals surface area contributed by atoms with Crippen molar-refractivity contribution in [3.8, 4) is 0 Å². The second kappa shape index (κ2) is 8.75. The van der Waals surface area contributed by atoms with E-state index in [1.165, 1.54) is 35.7 Å². The maximum Gasteiger partial charge on any atom is 0.336 e. The molecule has 0 amide bonds. The van der Waals surface area contributed by atoms with Crippen molar-refractivity contribution in [2.45, 2.75) is 19.6 Å². The van der Waals surface area contributed by atoms with Crippen LogP contribution in [0, 0.1) is 0 Å². The lowest BCUT2D eigenvalue weighted by atomic mass is 10.2. The largest absolute Gasteiger partial charge is 0.478 e. The first-order chi connectivity index (χ1) is 11.4. The summed E-state index contributed by atoms with van der Waals surface area (Å²) in [7, 11) is 0. The number of benzene rings is 2. The molecular formula is C16H14O4S4. The minimum Gasteiger partial charge on any atom is -0.478 e. The standard InChI is InChI=1S/C16H14O4S4/c17-15(18)9-3-1-5-11(13(9)21)23-7-8-24-12-6-2-4-10(14(12)22)16(19)20/h1-6,21-22H,7-8H2,(H,17,18)(H,19,20). The molecule has 126 valence electrons. The summed E-state index contributed by atoms with van der Waals surface area (Å²) in [6.45, 7) is 0. The number of rotatable bonds is 7. The third-order valence-corrected chi connectivity index (χ3v) is 6.70. The lowest BCUT2D eigenvalue weighted by Crippen LogP contribution is -1.99. The molecule has 8 heteroatoms. The van der Waals surface area contributed by atoms with Crippen molar-refractivity contribution < 1.29 is 19.8 Å². The van der Waals surface area contributed by atoms with Crippen molar-refractivity contribution in [3.05, 3.63) is 47.5 Å². The molecule has 0 aliphatic carbocycles. The topological polar surface area (TPSA) is 74.6 Å². The summed E-state index contributed by atoms with van der Waals surface area (Å²) in [4.78, 5) is 24.7. The van der Waals surface area contributed by atoms with Gasteiger partial charge >= 0.3 is 11.9 Å². The van der Waals surface area contributed by atoms with E-state index < -0.39 is 11.9 Å². The molecule has 0 unspecified atom stereocenters. The predicted octanol–water partition coefficient (Wildman–Crippen LogP) is 4.54. The van der Waals surface area contributed by atoms with Crippen molar-refractivity contribution in [3.63, 3.8) is 0 Å². The first kappa shape index (κ1) is 19.1. The molecule has 0 radical (unpaired) electrons. The zero-order valence-corrected chi connectivity index (χ0v) is 15.7. The molecule has 0 spiro atoms. The summed E-state index contributed by atoms with van der Waals surface area (Å²) in [5.74, 6) is -0.540. The van der Waals surface area contributed by atoms with Gasteiger partial charge in [-0.1, -0.05) is 12.1 Å². The Hall–Kier alpha value is -1.22. The number of hydrogen-bond donors (Lipinski definition) is 4. The zero-order valence-electron chi connectivity index (χ0n) is 12.3. The van der Waals surface area contributed by atoms with Gasteiger partial charge in [-0.25, -0.2) is 9.59 Å². The normalized spacial score (nSPS) is 10.6. The summed E-state index contributed by atoms with van der Waals surface area (Å²) in [6.07, 6.45) is 0. The molecule has 0 bridgehead atoms. The molecule has 2 aromatic carbocycles. The maximum atomic E-state index is 11.1. The molecule has 0 heterocycles. The van der Waals surface area contributed by atoms with Crippen molar-refractivity contribution in [2.24, 2.45) is 0 Å². The van der Waals surface area contributed by atoms with Crippen LogP contribution >= 0.6 is 48.8 Å². The minimum absolute atomic E-state index is 0.183. The van der Waals surface area contributed by atoms with E-state index in [1.807, 2.05) is 12.1 Å².